The van der Waals surface area contributed by atoms with Crippen molar-refractivity contribution >= 4 is 10.9 Å². The molecule has 1 aliphatic heterocycles. The minimum Gasteiger partial charge on any atom is -0.181 e. The zero-order valence-electron chi connectivity index (χ0n) is 19.9. The van der Waals surface area contributed by atoms with Crippen LogP contribution in [0.2, 0.25) is 0 Å². The van der Waals surface area contributed by atoms with Gasteiger partial charge in [0, 0.05) is 29.4 Å². The van der Waals surface area contributed by atoms with Gasteiger partial charge in [-0.05, 0) is 64.6 Å². The van der Waals surface area contributed by atoms with Gasteiger partial charge in [-0.15, -0.1) is 0 Å². The lowest BCUT2D eigenvalue weighted by Gasteiger charge is -2.53. The normalized spacial score (nSPS) is 25.0. The Hall–Kier alpha value is -3.19. The van der Waals surface area contributed by atoms with E-state index in [0.717, 1.165) is 12.8 Å². The summed E-state index contributed by atoms with van der Waals surface area (Å²) in [5.41, 5.74) is 11.4. The fraction of sp³-hybridized carbons (Fsp3) is 0.281. The van der Waals surface area contributed by atoms with Crippen molar-refractivity contribution < 1.29 is 4.57 Å². The number of fused-ring (bicyclic) bond motifs is 11. The molecule has 0 radical (unpaired) electrons. The van der Waals surface area contributed by atoms with E-state index < -0.39 is 0 Å². The Kier molecular flexibility index (Phi) is 3.52. The van der Waals surface area contributed by atoms with Gasteiger partial charge in [0.25, 0.3) is 0 Å². The zero-order valence-corrected chi connectivity index (χ0v) is 19.9. The average Bonchev–Trinajstić information content (AvgIpc) is 3.05. The summed E-state index contributed by atoms with van der Waals surface area (Å²) in [6.07, 6.45) is 7.18. The van der Waals surface area contributed by atoms with Crippen molar-refractivity contribution in [1.82, 2.24) is 0 Å². The minimum atomic E-state index is -0.0210. The third-order valence-corrected chi connectivity index (χ3v) is 9.23. The lowest BCUT2D eigenvalue weighted by molar-refractivity contribution is -0.736. The maximum absolute atomic E-state index is 2.68. The lowest BCUT2D eigenvalue weighted by Crippen LogP contribution is -2.72. The van der Waals surface area contributed by atoms with E-state index in [-0.39, 0.29) is 16.4 Å². The number of rotatable bonds is 2. The smallest absolute Gasteiger partial charge is 0.181 e. The largest absolute Gasteiger partial charge is 0.214 e. The third-order valence-electron chi connectivity index (χ3n) is 9.23. The van der Waals surface area contributed by atoms with Crippen LogP contribution in [0.3, 0.4) is 0 Å². The van der Waals surface area contributed by atoms with Crippen molar-refractivity contribution in [3.05, 3.63) is 102 Å². The Labute approximate surface area is 196 Å². The topological polar surface area (TPSA) is 3.88 Å². The molecule has 0 spiro atoms. The molecule has 2 aliphatic carbocycles. The first-order valence-corrected chi connectivity index (χ1v) is 12.4. The number of benzene rings is 3. The lowest BCUT2D eigenvalue weighted by atomic mass is 9.52. The molecule has 0 N–H and O–H groups in total. The number of aromatic nitrogens is 1. The summed E-state index contributed by atoms with van der Waals surface area (Å²) in [4.78, 5) is 0. The highest BCUT2D eigenvalue weighted by atomic mass is 15.1. The molecule has 2 heterocycles. The monoisotopic (exact) mass is 428 g/mol. The van der Waals surface area contributed by atoms with Crippen LogP contribution < -0.4 is 4.57 Å². The van der Waals surface area contributed by atoms with Crippen LogP contribution in [0.25, 0.3) is 33.3 Å². The van der Waals surface area contributed by atoms with Crippen molar-refractivity contribution in [2.75, 3.05) is 0 Å². The minimum absolute atomic E-state index is 0.0107. The second-order valence-corrected chi connectivity index (χ2v) is 10.7. The van der Waals surface area contributed by atoms with Gasteiger partial charge in [0.15, 0.2) is 5.54 Å². The van der Waals surface area contributed by atoms with Gasteiger partial charge in [0.2, 0.25) is 11.2 Å². The van der Waals surface area contributed by atoms with Crippen molar-refractivity contribution in [1.29, 1.82) is 0 Å². The molecule has 0 bridgehead atoms. The van der Waals surface area contributed by atoms with Crippen LogP contribution in [0.5, 0.6) is 0 Å². The number of hydrogen-bond acceptors (Lipinski definition) is 0. The van der Waals surface area contributed by atoms with E-state index in [1.54, 1.807) is 0 Å². The van der Waals surface area contributed by atoms with Crippen molar-refractivity contribution in [3.8, 4) is 22.4 Å². The zero-order chi connectivity index (χ0) is 22.6. The van der Waals surface area contributed by atoms with Crippen molar-refractivity contribution in [3.63, 3.8) is 0 Å². The van der Waals surface area contributed by atoms with Crippen LogP contribution in [0.1, 0.15) is 57.2 Å². The van der Waals surface area contributed by atoms with Crippen LogP contribution in [-0.4, -0.2) is 0 Å². The fourth-order valence-corrected chi connectivity index (χ4v) is 7.45. The Balaban J connectivity index is 1.65. The molecule has 162 valence electrons. The molecule has 3 aliphatic rings. The number of pyridine rings is 1. The number of hydrogen-bond donors (Lipinski definition) is 0. The maximum atomic E-state index is 2.68. The molecular weight excluding hydrogens is 398 g/mol. The molecule has 2 atom stereocenters. The first kappa shape index (κ1) is 19.3. The van der Waals surface area contributed by atoms with Gasteiger partial charge in [0.05, 0.1) is 11.0 Å². The molecule has 3 aromatic carbocycles. The summed E-state index contributed by atoms with van der Waals surface area (Å²) in [6.45, 7) is 9.51. The molecule has 0 amide bonds. The predicted octanol–water partition coefficient (Wildman–Crippen LogP) is 7.44. The van der Waals surface area contributed by atoms with Crippen LogP contribution in [0.15, 0.2) is 84.9 Å². The Morgan fingerprint density at radius 2 is 1.42 bits per heavy atom. The SMILES string of the molecule is CCC12C=CC1(CC)[n+]1c(ccc3ccccc31)-c1cc3c(cc12)-c1ccccc1C3(C)C. The van der Waals surface area contributed by atoms with Gasteiger partial charge in [-0.1, -0.05) is 70.2 Å². The molecular formula is C32H30N+. The van der Waals surface area contributed by atoms with E-state index >= 15 is 0 Å². The fourth-order valence-electron chi connectivity index (χ4n) is 7.45. The summed E-state index contributed by atoms with van der Waals surface area (Å²) in [6, 6.07) is 27.7. The van der Waals surface area contributed by atoms with Crippen LogP contribution in [0.4, 0.5) is 0 Å². The van der Waals surface area contributed by atoms with Gasteiger partial charge in [-0.25, -0.2) is 0 Å². The van der Waals surface area contributed by atoms with Crippen molar-refractivity contribution in [2.45, 2.75) is 56.9 Å². The first-order chi connectivity index (χ1) is 16.0. The van der Waals surface area contributed by atoms with Gasteiger partial charge in [0.1, 0.15) is 0 Å². The molecule has 2 unspecified atom stereocenters. The maximum Gasteiger partial charge on any atom is 0.214 e. The predicted molar refractivity (Wildman–Crippen MR) is 137 cm³/mol. The van der Waals surface area contributed by atoms with Crippen LogP contribution in [-0.2, 0) is 16.4 Å². The average molecular weight is 429 g/mol. The molecule has 0 fully saturated rings. The Bertz CT molecular complexity index is 1520. The van der Waals surface area contributed by atoms with Gasteiger partial charge < -0.3 is 0 Å². The van der Waals surface area contributed by atoms with E-state index in [9.17, 15) is 0 Å². The van der Waals surface area contributed by atoms with E-state index in [1.165, 1.54) is 50.0 Å². The second kappa shape index (κ2) is 6.03. The van der Waals surface area contributed by atoms with Gasteiger partial charge >= 0.3 is 0 Å². The summed E-state index contributed by atoms with van der Waals surface area (Å²) >= 11 is 0. The first-order valence-electron chi connectivity index (χ1n) is 12.4. The van der Waals surface area contributed by atoms with E-state index in [1.807, 2.05) is 0 Å². The molecule has 0 saturated carbocycles. The highest BCUT2D eigenvalue weighted by Gasteiger charge is 2.65. The molecule has 0 saturated heterocycles. The summed E-state index contributed by atoms with van der Waals surface area (Å²) in [5.74, 6) is 0. The summed E-state index contributed by atoms with van der Waals surface area (Å²) in [5, 5.41) is 1.32. The van der Waals surface area contributed by atoms with Gasteiger partial charge in [-0.2, -0.15) is 4.57 Å². The molecule has 1 aromatic heterocycles. The molecule has 4 aromatic rings. The van der Waals surface area contributed by atoms with E-state index in [2.05, 4.69) is 117 Å². The van der Waals surface area contributed by atoms with Crippen molar-refractivity contribution in [2.24, 2.45) is 0 Å². The van der Waals surface area contributed by atoms with E-state index in [4.69, 9.17) is 0 Å². The quantitative estimate of drug-likeness (QED) is 0.231. The number of nitrogens with zero attached hydrogens (tertiary/aromatic N) is 1. The molecule has 33 heavy (non-hydrogen) atoms. The standard InChI is InChI=1S/C32H30N/c1-5-31-17-18-32(31,6-2)33-28-14-10-7-11-21(28)15-16-29(33)24-20-26-23(19-27(24)31)22-12-8-9-13-25(22)30(26,3)4/h7-20H,5-6H2,1-4H3/q+1. The van der Waals surface area contributed by atoms with Gasteiger partial charge in [-0.3, -0.25) is 0 Å². The molecule has 1 nitrogen and oxygen atoms in total. The highest BCUT2D eigenvalue weighted by Crippen LogP contribution is 2.60. The number of para-hydroxylation sites is 1. The van der Waals surface area contributed by atoms with E-state index in [0.29, 0.717) is 0 Å². The Morgan fingerprint density at radius 3 is 2.18 bits per heavy atom. The number of allylic oxidation sites excluding steroid dienone is 2. The van der Waals surface area contributed by atoms with Crippen LogP contribution >= 0.6 is 0 Å². The summed E-state index contributed by atoms with van der Waals surface area (Å²) < 4.78 is 2.68. The molecule has 7 rings (SSSR count). The highest BCUT2D eigenvalue weighted by molar-refractivity contribution is 5.87. The van der Waals surface area contributed by atoms with Crippen LogP contribution in [0, 0.1) is 0 Å². The second-order valence-electron chi connectivity index (χ2n) is 10.7. The summed E-state index contributed by atoms with van der Waals surface area (Å²) in [7, 11) is 0. The Morgan fingerprint density at radius 1 is 0.667 bits per heavy atom. The molecule has 1 heteroatoms. The third kappa shape index (κ3) is 2.00.